The maximum atomic E-state index is 13.2. The van der Waals surface area contributed by atoms with Crippen LogP contribution in [0.15, 0.2) is 41.5 Å². The second-order valence-corrected chi connectivity index (χ2v) is 5.26. The molecule has 0 spiro atoms. The van der Waals surface area contributed by atoms with E-state index in [1.807, 2.05) is 19.9 Å². The Morgan fingerprint density at radius 1 is 1.32 bits per heavy atom. The van der Waals surface area contributed by atoms with Crippen molar-refractivity contribution in [2.75, 3.05) is 13.1 Å². The summed E-state index contributed by atoms with van der Waals surface area (Å²) in [5, 5.41) is 13.2. The molecule has 138 valence electrons. The van der Waals surface area contributed by atoms with Gasteiger partial charge >= 0.3 is 0 Å². The van der Waals surface area contributed by atoms with Crippen LogP contribution in [0.5, 0.6) is 5.75 Å². The molecule has 0 amide bonds. The fourth-order valence-corrected chi connectivity index (χ4v) is 2.09. The van der Waals surface area contributed by atoms with Crippen LogP contribution in [0.2, 0.25) is 0 Å². The van der Waals surface area contributed by atoms with Gasteiger partial charge in [-0.3, -0.25) is 5.10 Å². The number of aromatic amines is 1. The summed E-state index contributed by atoms with van der Waals surface area (Å²) in [6.45, 7) is 5.88. The van der Waals surface area contributed by atoms with Crippen molar-refractivity contribution in [2.24, 2.45) is 4.99 Å². The quantitative estimate of drug-likeness (QED) is 0.321. The Labute approximate surface area is 164 Å². The Balaban J connectivity index is 0.00000312. The van der Waals surface area contributed by atoms with Crippen molar-refractivity contribution in [3.8, 4) is 5.75 Å². The summed E-state index contributed by atoms with van der Waals surface area (Å²) in [5.74, 6) is 0.932. The van der Waals surface area contributed by atoms with Gasteiger partial charge in [-0.1, -0.05) is 13.0 Å². The molecule has 1 heterocycles. The zero-order chi connectivity index (χ0) is 17.2. The molecule has 2 rings (SSSR count). The normalized spacial score (nSPS) is 12.2. The van der Waals surface area contributed by atoms with E-state index in [1.54, 1.807) is 18.3 Å². The van der Waals surface area contributed by atoms with Crippen LogP contribution in [0, 0.1) is 5.82 Å². The fraction of sp³-hybridized carbons (Fsp3) is 0.412. The third kappa shape index (κ3) is 7.72. The van der Waals surface area contributed by atoms with Gasteiger partial charge in [-0.15, -0.1) is 24.0 Å². The Morgan fingerprint density at radius 3 is 2.80 bits per heavy atom. The number of H-pyrrole nitrogens is 1. The number of halogens is 2. The number of aliphatic imine (C=N–C) groups is 1. The van der Waals surface area contributed by atoms with E-state index in [-0.39, 0.29) is 35.9 Å². The first kappa shape index (κ1) is 21.2. The lowest BCUT2D eigenvalue weighted by atomic mass is 10.2. The molecule has 0 saturated carbocycles. The lowest BCUT2D eigenvalue weighted by Gasteiger charge is -2.20. The molecule has 3 N–H and O–H groups in total. The fourth-order valence-electron chi connectivity index (χ4n) is 2.09. The first-order valence-corrected chi connectivity index (χ1v) is 8.14. The van der Waals surface area contributed by atoms with Crippen molar-refractivity contribution in [3.05, 3.63) is 48.0 Å². The minimum absolute atomic E-state index is 0. The van der Waals surface area contributed by atoms with Crippen molar-refractivity contribution in [1.29, 1.82) is 0 Å². The second-order valence-electron chi connectivity index (χ2n) is 5.26. The molecule has 0 fully saturated rings. The first-order valence-electron chi connectivity index (χ1n) is 8.14. The molecule has 1 aromatic carbocycles. The molecule has 2 aromatic rings. The molecule has 0 radical (unpaired) electrons. The number of aromatic nitrogens is 2. The van der Waals surface area contributed by atoms with Gasteiger partial charge in [0.2, 0.25) is 0 Å². The third-order valence-electron chi connectivity index (χ3n) is 3.36. The average molecular weight is 461 g/mol. The van der Waals surface area contributed by atoms with Crippen LogP contribution in [0.3, 0.4) is 0 Å². The number of rotatable bonds is 8. The highest BCUT2D eigenvalue weighted by Gasteiger charge is 2.10. The average Bonchev–Trinajstić information content (AvgIpc) is 3.09. The summed E-state index contributed by atoms with van der Waals surface area (Å²) in [5.41, 5.74) is 0.940. The van der Waals surface area contributed by atoms with E-state index in [1.165, 1.54) is 12.1 Å². The maximum absolute atomic E-state index is 13.2. The van der Waals surface area contributed by atoms with E-state index in [0.29, 0.717) is 24.8 Å². The van der Waals surface area contributed by atoms with E-state index in [4.69, 9.17) is 4.74 Å². The van der Waals surface area contributed by atoms with E-state index in [9.17, 15) is 4.39 Å². The summed E-state index contributed by atoms with van der Waals surface area (Å²) >= 11 is 0. The molecule has 1 atom stereocenters. The van der Waals surface area contributed by atoms with Crippen LogP contribution in [-0.4, -0.2) is 35.4 Å². The maximum Gasteiger partial charge on any atom is 0.191 e. The van der Waals surface area contributed by atoms with E-state index < -0.39 is 0 Å². The highest BCUT2D eigenvalue weighted by molar-refractivity contribution is 14.0. The molecular formula is C17H25FIN5O. The standard InChI is InChI=1S/C17H24FN5O.HI/c1-3-15(24-16-7-5-6-13(18)10-16)12-21-17(19-4-2)20-11-14-8-9-22-23-14;/h5-10,15H,3-4,11-12H2,1-2H3,(H,22,23)(H2,19,20,21);1H. The van der Waals surface area contributed by atoms with Gasteiger partial charge in [0.25, 0.3) is 0 Å². The monoisotopic (exact) mass is 461 g/mol. The number of hydrogen-bond donors (Lipinski definition) is 3. The predicted molar refractivity (Wildman–Crippen MR) is 108 cm³/mol. The lowest BCUT2D eigenvalue weighted by molar-refractivity contribution is 0.198. The summed E-state index contributed by atoms with van der Waals surface area (Å²) in [6, 6.07) is 8.07. The van der Waals surface area contributed by atoms with Gasteiger partial charge in [-0.25, -0.2) is 9.38 Å². The summed E-state index contributed by atoms with van der Waals surface area (Å²) in [7, 11) is 0. The van der Waals surface area contributed by atoms with Crippen molar-refractivity contribution < 1.29 is 9.13 Å². The van der Waals surface area contributed by atoms with Crippen LogP contribution in [0.1, 0.15) is 26.0 Å². The second kappa shape index (κ2) is 11.7. The Bertz CT molecular complexity index is 636. The van der Waals surface area contributed by atoms with Gasteiger partial charge in [-0.05, 0) is 31.5 Å². The minimum Gasteiger partial charge on any atom is -0.489 e. The van der Waals surface area contributed by atoms with Crippen LogP contribution < -0.4 is 15.4 Å². The number of nitrogens with one attached hydrogen (secondary N) is 3. The number of guanidine groups is 1. The predicted octanol–water partition coefficient (Wildman–Crippen LogP) is 3.08. The molecule has 0 aliphatic rings. The molecule has 0 bridgehead atoms. The lowest BCUT2D eigenvalue weighted by Crippen LogP contribution is -2.42. The van der Waals surface area contributed by atoms with E-state index in [2.05, 4.69) is 25.8 Å². The molecule has 6 nitrogen and oxygen atoms in total. The van der Waals surface area contributed by atoms with E-state index in [0.717, 1.165) is 18.7 Å². The SMILES string of the molecule is CCNC(=NCc1ccn[nH]1)NCC(CC)Oc1cccc(F)c1.I. The van der Waals surface area contributed by atoms with Gasteiger partial charge < -0.3 is 15.4 Å². The number of nitrogens with zero attached hydrogens (tertiary/aromatic N) is 2. The molecular weight excluding hydrogens is 436 g/mol. The first-order chi connectivity index (χ1) is 11.7. The highest BCUT2D eigenvalue weighted by atomic mass is 127. The zero-order valence-corrected chi connectivity index (χ0v) is 16.8. The number of ether oxygens (including phenoxy) is 1. The van der Waals surface area contributed by atoms with Crippen molar-refractivity contribution in [1.82, 2.24) is 20.8 Å². The summed E-state index contributed by atoms with van der Waals surface area (Å²) in [4.78, 5) is 4.49. The molecule has 8 heteroatoms. The van der Waals surface area contributed by atoms with Gasteiger partial charge in [0.15, 0.2) is 5.96 Å². The largest absolute Gasteiger partial charge is 0.489 e. The zero-order valence-electron chi connectivity index (χ0n) is 14.5. The molecule has 1 aromatic heterocycles. The minimum atomic E-state index is -0.301. The molecule has 0 saturated heterocycles. The number of hydrogen-bond acceptors (Lipinski definition) is 3. The summed E-state index contributed by atoms with van der Waals surface area (Å²) in [6.07, 6.45) is 2.41. The van der Waals surface area contributed by atoms with Crippen LogP contribution in [0.25, 0.3) is 0 Å². The smallest absolute Gasteiger partial charge is 0.191 e. The summed E-state index contributed by atoms with van der Waals surface area (Å²) < 4.78 is 19.1. The molecule has 25 heavy (non-hydrogen) atoms. The number of benzene rings is 1. The Kier molecular flexibility index (Phi) is 9.90. The van der Waals surface area contributed by atoms with Gasteiger partial charge in [0.05, 0.1) is 18.8 Å². The molecule has 1 unspecified atom stereocenters. The van der Waals surface area contributed by atoms with Crippen LogP contribution in [-0.2, 0) is 6.54 Å². The molecule has 0 aliphatic heterocycles. The van der Waals surface area contributed by atoms with E-state index >= 15 is 0 Å². The molecule has 0 aliphatic carbocycles. The van der Waals surface area contributed by atoms with Crippen molar-refractivity contribution in [2.45, 2.75) is 32.9 Å². The van der Waals surface area contributed by atoms with Gasteiger partial charge in [0, 0.05) is 18.8 Å². The topological polar surface area (TPSA) is 74.3 Å². The highest BCUT2D eigenvalue weighted by Crippen LogP contribution is 2.14. The van der Waals surface area contributed by atoms with Crippen molar-refractivity contribution >= 4 is 29.9 Å². The third-order valence-corrected chi connectivity index (χ3v) is 3.36. The van der Waals surface area contributed by atoms with Gasteiger partial charge in [0.1, 0.15) is 17.7 Å². The Morgan fingerprint density at radius 2 is 2.16 bits per heavy atom. The Hall–Kier alpha value is -1.84. The van der Waals surface area contributed by atoms with Gasteiger partial charge in [-0.2, -0.15) is 5.10 Å². The van der Waals surface area contributed by atoms with Crippen LogP contribution in [0.4, 0.5) is 4.39 Å². The van der Waals surface area contributed by atoms with Crippen LogP contribution >= 0.6 is 24.0 Å². The van der Waals surface area contributed by atoms with Crippen molar-refractivity contribution in [3.63, 3.8) is 0 Å².